The molecule has 0 aliphatic carbocycles. The van der Waals surface area contributed by atoms with Gasteiger partial charge in [0.15, 0.2) is 0 Å². The number of likely N-dealkylation sites (tertiary alicyclic amines) is 1. The van der Waals surface area contributed by atoms with E-state index in [2.05, 4.69) is 0 Å². The first-order chi connectivity index (χ1) is 6.77. The van der Waals surface area contributed by atoms with Gasteiger partial charge in [-0.05, 0) is 19.4 Å². The zero-order chi connectivity index (χ0) is 10.4. The zero-order valence-corrected chi connectivity index (χ0v) is 8.87. The lowest BCUT2D eigenvalue weighted by molar-refractivity contribution is -0.130. The van der Waals surface area contributed by atoms with Gasteiger partial charge in [-0.25, -0.2) is 0 Å². The maximum absolute atomic E-state index is 11.6. The van der Waals surface area contributed by atoms with Crippen LogP contribution in [0.15, 0.2) is 0 Å². The summed E-state index contributed by atoms with van der Waals surface area (Å²) in [5.41, 5.74) is 5.36. The molecule has 1 aliphatic rings. The SMILES string of the molecule is COCC1CCN(C(=O)CCCN)C1. The number of ether oxygens (including phenoxy) is 1. The number of methoxy groups -OCH3 is 1. The molecule has 0 radical (unpaired) electrons. The molecule has 2 N–H and O–H groups in total. The van der Waals surface area contributed by atoms with Gasteiger partial charge in [0.05, 0.1) is 6.61 Å². The lowest BCUT2D eigenvalue weighted by Gasteiger charge is -2.16. The molecular weight excluding hydrogens is 180 g/mol. The molecule has 4 heteroatoms. The predicted molar refractivity (Wildman–Crippen MR) is 54.9 cm³/mol. The Balaban J connectivity index is 2.23. The van der Waals surface area contributed by atoms with E-state index in [0.717, 1.165) is 32.5 Å². The summed E-state index contributed by atoms with van der Waals surface area (Å²) in [5.74, 6) is 0.774. The second-order valence-electron chi connectivity index (χ2n) is 3.84. The minimum absolute atomic E-state index is 0.244. The van der Waals surface area contributed by atoms with Crippen LogP contribution >= 0.6 is 0 Å². The van der Waals surface area contributed by atoms with Crippen LogP contribution in [0.2, 0.25) is 0 Å². The number of rotatable bonds is 5. The van der Waals surface area contributed by atoms with Gasteiger partial charge < -0.3 is 15.4 Å². The largest absolute Gasteiger partial charge is 0.384 e. The van der Waals surface area contributed by atoms with Gasteiger partial charge in [-0.1, -0.05) is 0 Å². The topological polar surface area (TPSA) is 55.6 Å². The van der Waals surface area contributed by atoms with Gasteiger partial charge in [0, 0.05) is 32.5 Å². The Bertz CT molecular complexity index is 185. The second-order valence-corrected chi connectivity index (χ2v) is 3.84. The number of hydrogen-bond donors (Lipinski definition) is 1. The summed E-state index contributed by atoms with van der Waals surface area (Å²) in [6.45, 7) is 3.11. The number of carbonyl (C=O) groups is 1. The number of nitrogens with zero attached hydrogens (tertiary/aromatic N) is 1. The first-order valence-electron chi connectivity index (χ1n) is 5.24. The van der Waals surface area contributed by atoms with Crippen molar-refractivity contribution < 1.29 is 9.53 Å². The van der Waals surface area contributed by atoms with Crippen LogP contribution < -0.4 is 5.73 Å². The van der Waals surface area contributed by atoms with Crippen molar-refractivity contribution in [2.45, 2.75) is 19.3 Å². The van der Waals surface area contributed by atoms with Gasteiger partial charge in [-0.15, -0.1) is 0 Å². The van der Waals surface area contributed by atoms with Gasteiger partial charge in [0.2, 0.25) is 5.91 Å². The van der Waals surface area contributed by atoms with Crippen LogP contribution in [-0.2, 0) is 9.53 Å². The molecule has 1 fully saturated rings. The molecule has 1 atom stereocenters. The molecule has 1 saturated heterocycles. The van der Waals surface area contributed by atoms with E-state index in [1.807, 2.05) is 4.90 Å². The Morgan fingerprint density at radius 2 is 2.43 bits per heavy atom. The average molecular weight is 200 g/mol. The molecular formula is C10H20N2O2. The van der Waals surface area contributed by atoms with Crippen LogP contribution in [0.3, 0.4) is 0 Å². The predicted octanol–water partition coefficient (Wildman–Crippen LogP) is 0.220. The highest BCUT2D eigenvalue weighted by Crippen LogP contribution is 2.17. The maximum atomic E-state index is 11.6. The summed E-state index contributed by atoms with van der Waals surface area (Å²) in [6.07, 6.45) is 2.46. The first kappa shape index (κ1) is 11.5. The van der Waals surface area contributed by atoms with Crippen molar-refractivity contribution in [2.75, 3.05) is 33.4 Å². The van der Waals surface area contributed by atoms with E-state index in [0.29, 0.717) is 18.9 Å². The monoisotopic (exact) mass is 200 g/mol. The van der Waals surface area contributed by atoms with Crippen molar-refractivity contribution in [3.05, 3.63) is 0 Å². The Hall–Kier alpha value is -0.610. The van der Waals surface area contributed by atoms with E-state index in [4.69, 9.17) is 10.5 Å². The molecule has 1 heterocycles. The number of nitrogens with two attached hydrogens (primary N) is 1. The van der Waals surface area contributed by atoms with Crippen LogP contribution in [0.1, 0.15) is 19.3 Å². The third-order valence-corrected chi connectivity index (χ3v) is 2.64. The highest BCUT2D eigenvalue weighted by atomic mass is 16.5. The average Bonchev–Trinajstić information content (AvgIpc) is 2.63. The van der Waals surface area contributed by atoms with Crippen molar-refractivity contribution in [2.24, 2.45) is 11.7 Å². The summed E-state index contributed by atoms with van der Waals surface area (Å²) in [4.78, 5) is 13.5. The quantitative estimate of drug-likeness (QED) is 0.690. The Morgan fingerprint density at radius 3 is 3.07 bits per heavy atom. The fourth-order valence-corrected chi connectivity index (χ4v) is 1.84. The van der Waals surface area contributed by atoms with Gasteiger partial charge in [0.1, 0.15) is 0 Å². The lowest BCUT2D eigenvalue weighted by atomic mass is 10.1. The Labute approximate surface area is 85.4 Å². The molecule has 4 nitrogen and oxygen atoms in total. The van der Waals surface area contributed by atoms with E-state index in [-0.39, 0.29) is 5.91 Å². The van der Waals surface area contributed by atoms with Crippen LogP contribution in [0.25, 0.3) is 0 Å². The van der Waals surface area contributed by atoms with E-state index >= 15 is 0 Å². The summed E-state index contributed by atoms with van der Waals surface area (Å²) in [6, 6.07) is 0. The van der Waals surface area contributed by atoms with Crippen molar-refractivity contribution in [1.29, 1.82) is 0 Å². The van der Waals surface area contributed by atoms with Gasteiger partial charge >= 0.3 is 0 Å². The second kappa shape index (κ2) is 5.98. The van der Waals surface area contributed by atoms with Gasteiger partial charge in [0.25, 0.3) is 0 Å². The van der Waals surface area contributed by atoms with Crippen molar-refractivity contribution in [3.8, 4) is 0 Å². The molecule has 0 aromatic heterocycles. The molecule has 1 amide bonds. The van der Waals surface area contributed by atoms with Gasteiger partial charge in [-0.3, -0.25) is 4.79 Å². The Kier molecular flexibility index (Phi) is 4.90. The van der Waals surface area contributed by atoms with E-state index in [1.165, 1.54) is 0 Å². The van der Waals surface area contributed by atoms with E-state index in [9.17, 15) is 4.79 Å². The lowest BCUT2D eigenvalue weighted by Crippen LogP contribution is -2.29. The fraction of sp³-hybridized carbons (Fsp3) is 0.900. The number of carbonyl (C=O) groups excluding carboxylic acids is 1. The summed E-state index contributed by atoms with van der Waals surface area (Å²) in [7, 11) is 1.71. The molecule has 0 saturated carbocycles. The molecule has 1 unspecified atom stereocenters. The van der Waals surface area contributed by atoms with Crippen molar-refractivity contribution >= 4 is 5.91 Å². The third-order valence-electron chi connectivity index (χ3n) is 2.64. The zero-order valence-electron chi connectivity index (χ0n) is 8.87. The van der Waals surface area contributed by atoms with Crippen LogP contribution in [-0.4, -0.2) is 44.2 Å². The van der Waals surface area contributed by atoms with E-state index < -0.39 is 0 Å². The van der Waals surface area contributed by atoms with Crippen molar-refractivity contribution in [1.82, 2.24) is 4.90 Å². The molecule has 0 spiro atoms. The molecule has 1 aliphatic heterocycles. The molecule has 0 bridgehead atoms. The minimum atomic E-state index is 0.244. The van der Waals surface area contributed by atoms with Crippen molar-refractivity contribution in [3.63, 3.8) is 0 Å². The van der Waals surface area contributed by atoms with Crippen LogP contribution in [0.4, 0.5) is 0 Å². The molecule has 0 aromatic carbocycles. The fourth-order valence-electron chi connectivity index (χ4n) is 1.84. The summed E-state index contributed by atoms with van der Waals surface area (Å²) < 4.78 is 5.08. The van der Waals surface area contributed by atoms with Gasteiger partial charge in [-0.2, -0.15) is 0 Å². The normalized spacial score (nSPS) is 21.6. The first-order valence-corrected chi connectivity index (χ1v) is 5.24. The highest BCUT2D eigenvalue weighted by Gasteiger charge is 2.25. The standard InChI is InChI=1S/C10H20N2O2/c1-14-8-9-4-6-12(7-9)10(13)3-2-5-11/h9H,2-8,11H2,1H3. The minimum Gasteiger partial charge on any atom is -0.384 e. The summed E-state index contributed by atoms with van der Waals surface area (Å²) in [5, 5.41) is 0. The molecule has 1 rings (SSSR count). The number of hydrogen-bond acceptors (Lipinski definition) is 3. The molecule has 14 heavy (non-hydrogen) atoms. The maximum Gasteiger partial charge on any atom is 0.222 e. The molecule has 82 valence electrons. The molecule has 0 aromatic rings. The summed E-state index contributed by atoms with van der Waals surface area (Å²) >= 11 is 0. The van der Waals surface area contributed by atoms with E-state index in [1.54, 1.807) is 7.11 Å². The van der Waals surface area contributed by atoms with Crippen LogP contribution in [0.5, 0.6) is 0 Å². The Morgan fingerprint density at radius 1 is 1.64 bits per heavy atom. The smallest absolute Gasteiger partial charge is 0.222 e. The highest BCUT2D eigenvalue weighted by molar-refractivity contribution is 5.76. The third kappa shape index (κ3) is 3.27. The number of amides is 1. The van der Waals surface area contributed by atoms with Crippen LogP contribution in [0, 0.1) is 5.92 Å².